The van der Waals surface area contributed by atoms with E-state index in [4.69, 9.17) is 10.7 Å². The van der Waals surface area contributed by atoms with Crippen molar-refractivity contribution >= 4 is 23.2 Å². The summed E-state index contributed by atoms with van der Waals surface area (Å²) in [6.07, 6.45) is 6.54. The van der Waals surface area contributed by atoms with Crippen LogP contribution < -0.4 is 5.73 Å². The predicted octanol–water partition coefficient (Wildman–Crippen LogP) is 3.02. The zero-order valence-corrected chi connectivity index (χ0v) is 22.2. The Kier molecular flexibility index (Phi) is 5.68. The molecule has 7 rings (SSSR count). The molecule has 2 fully saturated rings. The first-order valence-corrected chi connectivity index (χ1v) is 13.4. The molecule has 2 aliphatic rings. The van der Waals surface area contributed by atoms with E-state index in [2.05, 4.69) is 25.3 Å². The summed E-state index contributed by atoms with van der Waals surface area (Å²) in [7, 11) is 0. The van der Waals surface area contributed by atoms with E-state index >= 15 is 0 Å². The van der Waals surface area contributed by atoms with Crippen molar-refractivity contribution in [3.63, 3.8) is 0 Å². The van der Waals surface area contributed by atoms with Gasteiger partial charge in [-0.05, 0) is 25.8 Å². The number of benzene rings is 1. The van der Waals surface area contributed by atoms with Gasteiger partial charge in [0.1, 0.15) is 17.7 Å². The fourth-order valence-electron chi connectivity index (χ4n) is 6.42. The van der Waals surface area contributed by atoms with Gasteiger partial charge in [-0.3, -0.25) is 19.7 Å². The number of piperidine rings is 1. The van der Waals surface area contributed by atoms with Crippen LogP contribution in [0.1, 0.15) is 59.3 Å². The Morgan fingerprint density at radius 3 is 2.41 bits per heavy atom. The van der Waals surface area contributed by atoms with E-state index in [1.165, 1.54) is 17.8 Å². The van der Waals surface area contributed by atoms with Gasteiger partial charge >= 0.3 is 0 Å². The average molecular weight is 550 g/mol. The molecule has 41 heavy (non-hydrogen) atoms. The molecule has 2 atom stereocenters. The van der Waals surface area contributed by atoms with Crippen LogP contribution >= 0.6 is 0 Å². The number of nitrogens with zero attached hydrogens (tertiary/aromatic N) is 7. The lowest BCUT2D eigenvalue weighted by atomic mass is 9.80. The summed E-state index contributed by atoms with van der Waals surface area (Å²) in [5.74, 6) is -0.301. The summed E-state index contributed by atoms with van der Waals surface area (Å²) in [5, 5.41) is 23.0. The van der Waals surface area contributed by atoms with Crippen molar-refractivity contribution in [3.8, 4) is 22.4 Å². The van der Waals surface area contributed by atoms with Crippen LogP contribution in [-0.2, 0) is 5.60 Å². The van der Waals surface area contributed by atoms with Crippen LogP contribution in [0.3, 0.4) is 0 Å². The second kappa shape index (κ2) is 9.30. The molecule has 0 spiro atoms. The SMILES string of the molecule is CC(=O)c1c(C2(O)CC3CCC(C2)N3C(=O)c2ncn[nH]2)nc2c(-c3ccc(-c4ccccc4)nc3)cnn2c1N. The summed E-state index contributed by atoms with van der Waals surface area (Å²) in [4.78, 5) is 41.4. The van der Waals surface area contributed by atoms with Gasteiger partial charge in [0.15, 0.2) is 11.4 Å². The number of hydrogen-bond donors (Lipinski definition) is 3. The van der Waals surface area contributed by atoms with Crippen molar-refractivity contribution in [2.75, 3.05) is 5.73 Å². The minimum Gasteiger partial charge on any atom is -0.383 e. The molecule has 1 amide bonds. The molecule has 2 bridgehead atoms. The zero-order chi connectivity index (χ0) is 28.3. The number of Topliss-reactive ketones (excluding diaryl/α,β-unsaturated/α-hetero) is 1. The second-order valence-corrected chi connectivity index (χ2v) is 10.7. The van der Waals surface area contributed by atoms with Crippen LogP contribution in [0.15, 0.2) is 61.2 Å². The molecule has 4 aromatic heterocycles. The molecule has 12 heteroatoms. The molecule has 6 heterocycles. The van der Waals surface area contributed by atoms with Gasteiger partial charge in [-0.25, -0.2) is 9.97 Å². The van der Waals surface area contributed by atoms with Gasteiger partial charge in [0.25, 0.3) is 5.91 Å². The van der Waals surface area contributed by atoms with Gasteiger partial charge < -0.3 is 15.7 Å². The molecular weight excluding hydrogens is 522 g/mol. The lowest BCUT2D eigenvalue weighted by Crippen LogP contribution is -2.52. The summed E-state index contributed by atoms with van der Waals surface area (Å²) >= 11 is 0. The van der Waals surface area contributed by atoms with Crippen LogP contribution in [0.5, 0.6) is 0 Å². The van der Waals surface area contributed by atoms with Crippen LogP contribution in [0, 0.1) is 0 Å². The van der Waals surface area contributed by atoms with E-state index in [1.807, 2.05) is 42.5 Å². The van der Waals surface area contributed by atoms with E-state index < -0.39 is 5.60 Å². The molecule has 0 radical (unpaired) electrons. The van der Waals surface area contributed by atoms with Gasteiger partial charge in [0.2, 0.25) is 5.82 Å². The Morgan fingerprint density at radius 2 is 1.78 bits per heavy atom. The number of rotatable bonds is 5. The Morgan fingerprint density at radius 1 is 1.02 bits per heavy atom. The molecule has 4 N–H and O–H groups in total. The number of pyridine rings is 1. The quantitative estimate of drug-likeness (QED) is 0.279. The minimum absolute atomic E-state index is 0.110. The maximum absolute atomic E-state index is 13.2. The fraction of sp³-hybridized carbons (Fsp3) is 0.276. The number of carbonyl (C=O) groups is 2. The molecule has 2 aliphatic heterocycles. The number of hydrogen-bond acceptors (Lipinski definition) is 9. The topological polar surface area (TPSA) is 168 Å². The molecule has 206 valence electrons. The van der Waals surface area contributed by atoms with Crippen molar-refractivity contribution < 1.29 is 14.7 Å². The smallest absolute Gasteiger partial charge is 0.291 e. The highest BCUT2D eigenvalue weighted by molar-refractivity contribution is 6.00. The number of ketones is 1. The molecular formula is C29H27N9O3. The van der Waals surface area contributed by atoms with Gasteiger partial charge in [-0.1, -0.05) is 36.4 Å². The first-order valence-electron chi connectivity index (χ1n) is 13.4. The third-order valence-corrected chi connectivity index (χ3v) is 8.24. The molecule has 0 aliphatic carbocycles. The van der Waals surface area contributed by atoms with Crippen molar-refractivity contribution in [2.24, 2.45) is 0 Å². The number of nitrogens with one attached hydrogen (secondary N) is 1. The predicted molar refractivity (Wildman–Crippen MR) is 149 cm³/mol. The number of nitrogen functional groups attached to an aromatic ring is 1. The van der Waals surface area contributed by atoms with E-state index in [0.717, 1.165) is 29.7 Å². The number of nitrogens with two attached hydrogens (primary N) is 1. The Bertz CT molecular complexity index is 1770. The van der Waals surface area contributed by atoms with Crippen molar-refractivity contribution in [2.45, 2.75) is 50.3 Å². The third-order valence-electron chi connectivity index (χ3n) is 8.24. The highest BCUT2D eigenvalue weighted by Gasteiger charge is 2.52. The number of carbonyl (C=O) groups excluding carboxylic acids is 2. The van der Waals surface area contributed by atoms with Crippen molar-refractivity contribution in [1.82, 2.24) is 39.7 Å². The van der Waals surface area contributed by atoms with Gasteiger partial charge in [-0.15, -0.1) is 0 Å². The van der Waals surface area contributed by atoms with Crippen LogP contribution in [-0.4, -0.2) is 68.5 Å². The average Bonchev–Trinajstić information content (AvgIpc) is 3.72. The van der Waals surface area contributed by atoms with Gasteiger partial charge in [-0.2, -0.15) is 14.7 Å². The van der Waals surface area contributed by atoms with Crippen molar-refractivity contribution in [3.05, 3.63) is 78.3 Å². The summed E-state index contributed by atoms with van der Waals surface area (Å²) < 4.78 is 1.43. The number of aromatic amines is 1. The first-order chi connectivity index (χ1) is 19.8. The highest BCUT2D eigenvalue weighted by atomic mass is 16.3. The van der Waals surface area contributed by atoms with Crippen molar-refractivity contribution in [1.29, 1.82) is 0 Å². The number of aliphatic hydroxyl groups is 1. The normalized spacial score (nSPS) is 21.9. The Labute approximate surface area is 234 Å². The van der Waals surface area contributed by atoms with Gasteiger partial charge in [0, 0.05) is 47.8 Å². The van der Waals surface area contributed by atoms with Crippen LogP contribution in [0.25, 0.3) is 28.0 Å². The van der Waals surface area contributed by atoms with Crippen LogP contribution in [0.2, 0.25) is 0 Å². The van der Waals surface area contributed by atoms with Crippen LogP contribution in [0.4, 0.5) is 5.82 Å². The number of fused-ring (bicyclic) bond motifs is 3. The zero-order valence-electron chi connectivity index (χ0n) is 22.2. The van der Waals surface area contributed by atoms with Gasteiger partial charge in [0.05, 0.1) is 23.1 Å². The minimum atomic E-state index is -1.47. The Balaban J connectivity index is 1.29. The largest absolute Gasteiger partial charge is 0.383 e. The lowest BCUT2D eigenvalue weighted by molar-refractivity contribution is -0.0513. The number of H-pyrrole nitrogens is 1. The number of amides is 1. The lowest BCUT2D eigenvalue weighted by Gasteiger charge is -2.43. The molecule has 2 saturated heterocycles. The molecule has 2 unspecified atom stereocenters. The fourth-order valence-corrected chi connectivity index (χ4v) is 6.42. The van der Waals surface area contributed by atoms with E-state index in [9.17, 15) is 14.7 Å². The van der Waals surface area contributed by atoms with E-state index in [-0.39, 0.29) is 59.5 Å². The maximum atomic E-state index is 13.2. The van der Waals surface area contributed by atoms with E-state index in [1.54, 1.807) is 17.3 Å². The molecule has 5 aromatic rings. The second-order valence-electron chi connectivity index (χ2n) is 10.7. The summed E-state index contributed by atoms with van der Waals surface area (Å²) in [6, 6.07) is 13.2. The Hall–Kier alpha value is -4.97. The summed E-state index contributed by atoms with van der Waals surface area (Å²) in [6.45, 7) is 1.40. The number of anilines is 1. The molecule has 12 nitrogen and oxygen atoms in total. The third kappa shape index (κ3) is 3.98. The summed E-state index contributed by atoms with van der Waals surface area (Å²) in [5.41, 5.74) is 9.10. The van der Waals surface area contributed by atoms with E-state index in [0.29, 0.717) is 11.2 Å². The first kappa shape index (κ1) is 25.0. The highest BCUT2D eigenvalue weighted by Crippen LogP contribution is 2.47. The molecule has 1 aromatic carbocycles. The molecule has 0 saturated carbocycles. The standard InChI is InChI=1S/C29H27N9O3/c1-16(39)23-24(29(41)11-19-8-9-20(12-29)37(19)28(40)26-32-15-33-36-26)35-27-21(14-34-38(27)25(23)30)18-7-10-22(31-13-18)17-5-3-2-4-6-17/h2-7,10,13-15,19-20,41H,8-9,11-12,30H2,1H3,(H,32,33,36). The number of aromatic nitrogens is 7. The maximum Gasteiger partial charge on any atom is 0.291 e. The monoisotopic (exact) mass is 549 g/mol.